The van der Waals surface area contributed by atoms with Gasteiger partial charge in [0.2, 0.25) is 0 Å². The van der Waals surface area contributed by atoms with E-state index in [-0.39, 0.29) is 11.5 Å². The monoisotopic (exact) mass is 245 g/mol. The zero-order chi connectivity index (χ0) is 13.6. The summed E-state index contributed by atoms with van der Waals surface area (Å²) in [5.74, 6) is -0.0795. The molecule has 0 radical (unpaired) electrons. The second-order valence-corrected chi connectivity index (χ2v) is 5.43. The molecule has 0 saturated heterocycles. The van der Waals surface area contributed by atoms with E-state index in [1.165, 1.54) is 0 Å². The van der Waals surface area contributed by atoms with Crippen LogP contribution in [0.2, 0.25) is 0 Å². The number of hydrogen-bond acceptors (Lipinski definition) is 3. The Kier molecular flexibility index (Phi) is 5.33. The molecule has 1 rings (SSSR count). The molecule has 0 bridgehead atoms. The molecule has 18 heavy (non-hydrogen) atoms. The van der Waals surface area contributed by atoms with Crippen molar-refractivity contribution in [2.24, 2.45) is 0 Å². The van der Waals surface area contributed by atoms with Gasteiger partial charge < -0.3 is 10.2 Å². The van der Waals surface area contributed by atoms with Crippen molar-refractivity contribution in [2.45, 2.75) is 25.3 Å². The van der Waals surface area contributed by atoms with Crippen LogP contribution in [0.3, 0.4) is 0 Å². The SMILES string of the molecule is CN(C)C(C)(C)CNCC(C#N)c1ccccc1. The van der Waals surface area contributed by atoms with Gasteiger partial charge in [-0.1, -0.05) is 30.3 Å². The van der Waals surface area contributed by atoms with Crippen molar-refractivity contribution in [3.05, 3.63) is 35.9 Å². The molecule has 0 aliphatic heterocycles. The fourth-order valence-electron chi connectivity index (χ4n) is 1.60. The van der Waals surface area contributed by atoms with Crippen molar-refractivity contribution < 1.29 is 0 Å². The largest absolute Gasteiger partial charge is 0.313 e. The van der Waals surface area contributed by atoms with E-state index >= 15 is 0 Å². The zero-order valence-electron chi connectivity index (χ0n) is 11.8. The van der Waals surface area contributed by atoms with E-state index in [1.807, 2.05) is 30.3 Å². The highest BCUT2D eigenvalue weighted by atomic mass is 15.2. The molecule has 0 aliphatic carbocycles. The van der Waals surface area contributed by atoms with E-state index in [0.29, 0.717) is 6.54 Å². The maximum absolute atomic E-state index is 9.22. The third kappa shape index (κ3) is 4.14. The Labute approximate surface area is 110 Å². The highest BCUT2D eigenvalue weighted by Gasteiger charge is 2.20. The summed E-state index contributed by atoms with van der Waals surface area (Å²) < 4.78 is 0. The lowest BCUT2D eigenvalue weighted by atomic mass is 9.99. The molecule has 1 aromatic rings. The molecule has 0 amide bonds. The summed E-state index contributed by atoms with van der Waals surface area (Å²) in [4.78, 5) is 2.18. The lowest BCUT2D eigenvalue weighted by Crippen LogP contribution is -2.47. The molecule has 0 aliphatic rings. The van der Waals surface area contributed by atoms with E-state index in [2.05, 4.69) is 44.2 Å². The minimum atomic E-state index is -0.0795. The normalized spacial score (nSPS) is 13.3. The van der Waals surface area contributed by atoms with Crippen LogP contribution in [0, 0.1) is 11.3 Å². The fraction of sp³-hybridized carbons (Fsp3) is 0.533. The highest BCUT2D eigenvalue weighted by molar-refractivity contribution is 5.25. The van der Waals surface area contributed by atoms with Gasteiger partial charge in [0.05, 0.1) is 12.0 Å². The minimum Gasteiger partial charge on any atom is -0.313 e. The number of nitriles is 1. The van der Waals surface area contributed by atoms with Gasteiger partial charge in [-0.05, 0) is 33.5 Å². The van der Waals surface area contributed by atoms with E-state index < -0.39 is 0 Å². The Morgan fingerprint density at radius 1 is 1.28 bits per heavy atom. The number of nitrogens with one attached hydrogen (secondary N) is 1. The molecule has 1 unspecified atom stereocenters. The van der Waals surface area contributed by atoms with Gasteiger partial charge in [-0.25, -0.2) is 0 Å². The number of likely N-dealkylation sites (N-methyl/N-ethyl adjacent to an activating group) is 1. The minimum absolute atomic E-state index is 0.0795. The summed E-state index contributed by atoms with van der Waals surface area (Å²) in [6, 6.07) is 12.3. The molecule has 1 N–H and O–H groups in total. The average Bonchev–Trinajstić information content (AvgIpc) is 2.35. The third-order valence-electron chi connectivity index (χ3n) is 3.47. The van der Waals surface area contributed by atoms with Gasteiger partial charge in [-0.3, -0.25) is 0 Å². The van der Waals surface area contributed by atoms with Crippen molar-refractivity contribution in [3.8, 4) is 6.07 Å². The Morgan fingerprint density at radius 3 is 2.39 bits per heavy atom. The average molecular weight is 245 g/mol. The first-order chi connectivity index (χ1) is 8.47. The van der Waals surface area contributed by atoms with Crippen molar-refractivity contribution in [1.82, 2.24) is 10.2 Å². The summed E-state index contributed by atoms with van der Waals surface area (Å²) >= 11 is 0. The Balaban J connectivity index is 2.50. The first-order valence-electron chi connectivity index (χ1n) is 6.30. The third-order valence-corrected chi connectivity index (χ3v) is 3.47. The molecule has 0 heterocycles. The molecule has 1 atom stereocenters. The Hall–Kier alpha value is -1.37. The molecule has 1 aromatic carbocycles. The van der Waals surface area contributed by atoms with Crippen molar-refractivity contribution in [1.29, 1.82) is 5.26 Å². The van der Waals surface area contributed by atoms with E-state index in [4.69, 9.17) is 0 Å². The molecule has 0 saturated carbocycles. The van der Waals surface area contributed by atoms with E-state index in [9.17, 15) is 5.26 Å². The summed E-state index contributed by atoms with van der Waals surface area (Å²) in [5.41, 5.74) is 1.17. The smallest absolute Gasteiger partial charge is 0.0837 e. The number of nitrogens with zero attached hydrogens (tertiary/aromatic N) is 2. The summed E-state index contributed by atoms with van der Waals surface area (Å²) in [6.45, 7) is 5.93. The van der Waals surface area contributed by atoms with Crippen LogP contribution in [0.15, 0.2) is 30.3 Å². The maximum atomic E-state index is 9.22. The fourth-order valence-corrected chi connectivity index (χ4v) is 1.60. The molecule has 98 valence electrons. The molecule has 3 heteroatoms. The summed E-state index contributed by atoms with van der Waals surface area (Å²) in [6.07, 6.45) is 0. The zero-order valence-corrected chi connectivity index (χ0v) is 11.8. The molecular formula is C15H23N3. The maximum Gasteiger partial charge on any atom is 0.0837 e. The lowest BCUT2D eigenvalue weighted by molar-refractivity contribution is 0.190. The predicted octanol–water partition coefficient (Wildman–Crippen LogP) is 2.22. The van der Waals surface area contributed by atoms with E-state index in [1.54, 1.807) is 0 Å². The quantitative estimate of drug-likeness (QED) is 0.835. The topological polar surface area (TPSA) is 39.1 Å². The van der Waals surface area contributed by atoms with Crippen LogP contribution in [0.25, 0.3) is 0 Å². The Morgan fingerprint density at radius 2 is 1.89 bits per heavy atom. The highest BCUT2D eigenvalue weighted by Crippen LogP contribution is 2.14. The number of hydrogen-bond donors (Lipinski definition) is 1. The number of rotatable bonds is 6. The van der Waals surface area contributed by atoms with Crippen molar-refractivity contribution >= 4 is 0 Å². The van der Waals surface area contributed by atoms with Crippen LogP contribution in [-0.2, 0) is 0 Å². The standard InChI is InChI=1S/C15H23N3/c1-15(2,18(3)4)12-17-11-14(10-16)13-8-6-5-7-9-13/h5-9,14,17H,11-12H2,1-4H3. The van der Waals surface area contributed by atoms with Crippen molar-refractivity contribution in [2.75, 3.05) is 27.2 Å². The predicted molar refractivity (Wildman–Crippen MR) is 75.4 cm³/mol. The first-order valence-corrected chi connectivity index (χ1v) is 6.30. The second kappa shape index (κ2) is 6.53. The molecule has 0 spiro atoms. The number of benzene rings is 1. The summed E-state index contributed by atoms with van der Waals surface area (Å²) in [5, 5.41) is 12.6. The lowest BCUT2D eigenvalue weighted by Gasteiger charge is -2.33. The van der Waals surface area contributed by atoms with Crippen molar-refractivity contribution in [3.63, 3.8) is 0 Å². The second-order valence-electron chi connectivity index (χ2n) is 5.43. The van der Waals surface area contributed by atoms with Gasteiger partial charge in [0.25, 0.3) is 0 Å². The van der Waals surface area contributed by atoms with Gasteiger partial charge in [-0.15, -0.1) is 0 Å². The van der Waals surface area contributed by atoms with Gasteiger partial charge >= 0.3 is 0 Å². The van der Waals surface area contributed by atoms with Gasteiger partial charge in [0, 0.05) is 18.6 Å². The van der Waals surface area contributed by atoms with Gasteiger partial charge in [0.1, 0.15) is 0 Å². The van der Waals surface area contributed by atoms with Crippen LogP contribution < -0.4 is 5.32 Å². The van der Waals surface area contributed by atoms with E-state index in [0.717, 1.165) is 12.1 Å². The molecule has 0 aromatic heterocycles. The molecular weight excluding hydrogens is 222 g/mol. The van der Waals surface area contributed by atoms with Gasteiger partial charge in [-0.2, -0.15) is 5.26 Å². The van der Waals surface area contributed by atoms with Crippen LogP contribution in [0.1, 0.15) is 25.3 Å². The van der Waals surface area contributed by atoms with Crippen LogP contribution in [0.5, 0.6) is 0 Å². The molecule has 0 fully saturated rings. The van der Waals surface area contributed by atoms with Crippen LogP contribution >= 0.6 is 0 Å². The van der Waals surface area contributed by atoms with Gasteiger partial charge in [0.15, 0.2) is 0 Å². The van der Waals surface area contributed by atoms with Crippen LogP contribution in [-0.4, -0.2) is 37.6 Å². The van der Waals surface area contributed by atoms with Crippen LogP contribution in [0.4, 0.5) is 0 Å². The first kappa shape index (κ1) is 14.7. The summed E-state index contributed by atoms with van der Waals surface area (Å²) in [7, 11) is 4.14. The Bertz CT molecular complexity index is 390. The molecule has 3 nitrogen and oxygen atoms in total.